The van der Waals surface area contributed by atoms with Gasteiger partial charge in [0.05, 0.1) is 19.1 Å². The summed E-state index contributed by atoms with van der Waals surface area (Å²) in [7, 11) is 0. The lowest BCUT2D eigenvalue weighted by atomic mass is 10.4. The fraction of sp³-hybridized carbons (Fsp3) is 0.429. The molecular formula is C7H9NO2. The van der Waals surface area contributed by atoms with E-state index in [4.69, 9.17) is 5.26 Å². The molecule has 0 bridgehead atoms. The second kappa shape index (κ2) is 5.83. The first-order valence-corrected chi connectivity index (χ1v) is 3.01. The van der Waals surface area contributed by atoms with E-state index in [1.807, 2.05) is 0 Å². The second-order valence-corrected chi connectivity index (χ2v) is 1.54. The van der Waals surface area contributed by atoms with Crippen LogP contribution in [-0.2, 0) is 9.53 Å². The Bertz CT molecular complexity index is 167. The van der Waals surface area contributed by atoms with Crippen LogP contribution in [0.3, 0.4) is 0 Å². The van der Waals surface area contributed by atoms with Crippen LogP contribution < -0.4 is 0 Å². The lowest BCUT2D eigenvalue weighted by Crippen LogP contribution is -2.01. The Morgan fingerprint density at radius 3 is 3.00 bits per heavy atom. The van der Waals surface area contributed by atoms with Crippen molar-refractivity contribution in [2.75, 3.05) is 6.61 Å². The van der Waals surface area contributed by atoms with Crippen molar-refractivity contribution in [1.82, 2.24) is 0 Å². The summed E-state index contributed by atoms with van der Waals surface area (Å²) in [6, 6.07) is 1.78. The molecule has 0 aromatic carbocycles. The van der Waals surface area contributed by atoms with Gasteiger partial charge in [-0.2, -0.15) is 5.26 Å². The Labute approximate surface area is 59.9 Å². The Balaban J connectivity index is 3.41. The number of hydrogen-bond acceptors (Lipinski definition) is 3. The Morgan fingerprint density at radius 1 is 1.80 bits per heavy atom. The van der Waals surface area contributed by atoms with E-state index in [0.29, 0.717) is 6.61 Å². The van der Waals surface area contributed by atoms with Crippen LogP contribution in [0.1, 0.15) is 13.3 Å². The van der Waals surface area contributed by atoms with Crippen LogP contribution in [0.4, 0.5) is 0 Å². The van der Waals surface area contributed by atoms with Crippen LogP contribution in [-0.4, -0.2) is 12.6 Å². The summed E-state index contributed by atoms with van der Waals surface area (Å²) in [5.74, 6) is -0.297. The third-order valence-corrected chi connectivity index (χ3v) is 0.782. The summed E-state index contributed by atoms with van der Waals surface area (Å²) in [6.07, 6.45) is 2.91. The molecule has 0 aliphatic carbocycles. The number of ether oxygens (including phenoxy) is 1. The third-order valence-electron chi connectivity index (χ3n) is 0.782. The van der Waals surface area contributed by atoms with E-state index in [1.165, 1.54) is 12.2 Å². The SMILES string of the molecule is CCOC(=O)CC=CC#N. The minimum atomic E-state index is -0.297. The number of nitrogens with zero attached hydrogens (tertiary/aromatic N) is 1. The number of allylic oxidation sites excluding steroid dienone is 1. The van der Waals surface area contributed by atoms with Crippen molar-refractivity contribution < 1.29 is 9.53 Å². The smallest absolute Gasteiger partial charge is 0.309 e. The lowest BCUT2D eigenvalue weighted by Gasteiger charge is -1.94. The largest absolute Gasteiger partial charge is 0.466 e. The molecule has 0 radical (unpaired) electrons. The average molecular weight is 139 g/mol. The van der Waals surface area contributed by atoms with E-state index in [0.717, 1.165) is 0 Å². The number of carbonyl (C=O) groups excluding carboxylic acids is 1. The highest BCUT2D eigenvalue weighted by Gasteiger charge is 1.94. The minimum absolute atomic E-state index is 0.182. The van der Waals surface area contributed by atoms with Crippen molar-refractivity contribution >= 4 is 5.97 Å². The van der Waals surface area contributed by atoms with Crippen LogP contribution in [0.5, 0.6) is 0 Å². The van der Waals surface area contributed by atoms with Gasteiger partial charge in [-0.25, -0.2) is 0 Å². The summed E-state index contributed by atoms with van der Waals surface area (Å²) in [5, 5.41) is 8.02. The molecule has 0 amide bonds. The quantitative estimate of drug-likeness (QED) is 0.433. The summed E-state index contributed by atoms with van der Waals surface area (Å²) >= 11 is 0. The molecule has 0 atom stereocenters. The van der Waals surface area contributed by atoms with Gasteiger partial charge in [0, 0.05) is 6.08 Å². The molecule has 0 fully saturated rings. The Kier molecular flexibility index (Phi) is 5.07. The van der Waals surface area contributed by atoms with Crippen LogP contribution in [0, 0.1) is 11.3 Å². The second-order valence-electron chi connectivity index (χ2n) is 1.54. The van der Waals surface area contributed by atoms with E-state index >= 15 is 0 Å². The number of rotatable bonds is 3. The molecule has 0 saturated carbocycles. The van der Waals surface area contributed by atoms with Crippen LogP contribution in [0.25, 0.3) is 0 Å². The summed E-state index contributed by atoms with van der Waals surface area (Å²) in [5.41, 5.74) is 0. The van der Waals surface area contributed by atoms with E-state index in [-0.39, 0.29) is 12.4 Å². The van der Waals surface area contributed by atoms with Gasteiger partial charge < -0.3 is 4.74 Å². The number of nitriles is 1. The van der Waals surface area contributed by atoms with Crippen molar-refractivity contribution in [2.45, 2.75) is 13.3 Å². The zero-order chi connectivity index (χ0) is 7.82. The molecule has 0 spiro atoms. The van der Waals surface area contributed by atoms with Gasteiger partial charge in [-0.1, -0.05) is 6.08 Å². The highest BCUT2D eigenvalue weighted by Crippen LogP contribution is 1.86. The van der Waals surface area contributed by atoms with Gasteiger partial charge in [0.1, 0.15) is 0 Å². The van der Waals surface area contributed by atoms with Gasteiger partial charge >= 0.3 is 5.97 Å². The molecule has 0 rings (SSSR count). The maximum atomic E-state index is 10.5. The van der Waals surface area contributed by atoms with Gasteiger partial charge in [0.15, 0.2) is 0 Å². The molecule has 54 valence electrons. The first-order valence-electron chi connectivity index (χ1n) is 3.01. The lowest BCUT2D eigenvalue weighted by molar-refractivity contribution is -0.142. The molecule has 3 heteroatoms. The Morgan fingerprint density at radius 2 is 2.50 bits per heavy atom. The summed E-state index contributed by atoms with van der Waals surface area (Å²) in [4.78, 5) is 10.5. The molecule has 10 heavy (non-hydrogen) atoms. The van der Waals surface area contributed by atoms with Crippen molar-refractivity contribution in [3.8, 4) is 6.07 Å². The van der Waals surface area contributed by atoms with Gasteiger partial charge in [-0.05, 0) is 6.92 Å². The van der Waals surface area contributed by atoms with Gasteiger partial charge in [-0.3, -0.25) is 4.79 Å². The molecule has 0 heterocycles. The van der Waals surface area contributed by atoms with E-state index in [2.05, 4.69) is 4.74 Å². The Hall–Kier alpha value is -1.30. The highest BCUT2D eigenvalue weighted by atomic mass is 16.5. The van der Waals surface area contributed by atoms with Crippen LogP contribution >= 0.6 is 0 Å². The van der Waals surface area contributed by atoms with Crippen molar-refractivity contribution in [3.05, 3.63) is 12.2 Å². The van der Waals surface area contributed by atoms with Crippen molar-refractivity contribution in [2.24, 2.45) is 0 Å². The normalized spacial score (nSPS) is 9.20. The molecule has 0 aromatic rings. The summed E-state index contributed by atoms with van der Waals surface area (Å²) < 4.78 is 4.59. The molecule has 3 nitrogen and oxygen atoms in total. The number of hydrogen-bond donors (Lipinski definition) is 0. The van der Waals surface area contributed by atoms with Crippen LogP contribution in [0.15, 0.2) is 12.2 Å². The molecule has 0 aliphatic heterocycles. The highest BCUT2D eigenvalue weighted by molar-refractivity contribution is 5.71. The van der Waals surface area contributed by atoms with E-state index in [9.17, 15) is 4.79 Å². The molecule has 0 N–H and O–H groups in total. The van der Waals surface area contributed by atoms with Crippen molar-refractivity contribution in [1.29, 1.82) is 5.26 Å². The summed E-state index contributed by atoms with van der Waals surface area (Å²) in [6.45, 7) is 2.13. The average Bonchev–Trinajstić information content (AvgIpc) is 1.89. The minimum Gasteiger partial charge on any atom is -0.466 e. The third kappa shape index (κ3) is 4.85. The molecule has 0 unspecified atom stereocenters. The predicted octanol–water partition coefficient (Wildman–Crippen LogP) is 1.02. The van der Waals surface area contributed by atoms with Gasteiger partial charge in [0.2, 0.25) is 0 Å². The zero-order valence-electron chi connectivity index (χ0n) is 5.83. The van der Waals surface area contributed by atoms with E-state index < -0.39 is 0 Å². The molecular weight excluding hydrogens is 130 g/mol. The fourth-order valence-corrected chi connectivity index (χ4v) is 0.428. The predicted molar refractivity (Wildman–Crippen MR) is 36.0 cm³/mol. The van der Waals surface area contributed by atoms with Crippen molar-refractivity contribution in [3.63, 3.8) is 0 Å². The molecule has 0 aromatic heterocycles. The maximum absolute atomic E-state index is 10.5. The van der Waals surface area contributed by atoms with E-state index in [1.54, 1.807) is 13.0 Å². The standard InChI is InChI=1S/C7H9NO2/c1-2-10-7(9)5-3-4-6-8/h3-4H,2,5H2,1H3. The first-order chi connectivity index (χ1) is 4.81. The topological polar surface area (TPSA) is 50.1 Å². The fourth-order valence-electron chi connectivity index (χ4n) is 0.428. The van der Waals surface area contributed by atoms with Gasteiger partial charge in [-0.15, -0.1) is 0 Å². The number of esters is 1. The molecule has 0 aliphatic rings. The zero-order valence-corrected chi connectivity index (χ0v) is 5.83. The monoisotopic (exact) mass is 139 g/mol. The van der Waals surface area contributed by atoms with Gasteiger partial charge in [0.25, 0.3) is 0 Å². The molecule has 0 saturated heterocycles. The maximum Gasteiger partial charge on any atom is 0.309 e. The van der Waals surface area contributed by atoms with Crippen LogP contribution in [0.2, 0.25) is 0 Å². The number of carbonyl (C=O) groups is 1. The first kappa shape index (κ1) is 8.70.